The average Bonchev–Trinajstić information content (AvgIpc) is 3.03. The number of aromatic nitrogens is 1. The molecule has 0 atom stereocenters. The fraction of sp³-hybridized carbons (Fsp3) is 0.278. The number of nitrogens with one attached hydrogen (secondary N) is 2. The Bertz CT molecular complexity index is 842. The largest absolute Gasteiger partial charge is 0.329 e. The third-order valence-corrected chi connectivity index (χ3v) is 4.58. The number of benzene rings is 1. The third-order valence-electron chi connectivity index (χ3n) is 4.19. The van der Waals surface area contributed by atoms with Crippen molar-refractivity contribution in [1.29, 1.82) is 5.26 Å². The van der Waals surface area contributed by atoms with Crippen LogP contribution < -0.4 is 10.0 Å². The molecule has 6 heteroatoms. The molecule has 0 aliphatic heterocycles. The Morgan fingerprint density at radius 1 is 1.38 bits per heavy atom. The minimum Gasteiger partial charge on any atom is -0.306 e. The van der Waals surface area contributed by atoms with Gasteiger partial charge in [-0.2, -0.15) is 5.26 Å². The molecule has 2 amide bonds. The summed E-state index contributed by atoms with van der Waals surface area (Å²) in [5.74, 6) is 0. The predicted octanol–water partition coefficient (Wildman–Crippen LogP) is 3.82. The van der Waals surface area contributed by atoms with Crippen LogP contribution in [0.3, 0.4) is 0 Å². The van der Waals surface area contributed by atoms with Gasteiger partial charge in [0.1, 0.15) is 11.8 Å². The van der Waals surface area contributed by atoms with Crippen molar-refractivity contribution in [3.05, 3.63) is 46.8 Å². The van der Waals surface area contributed by atoms with E-state index in [2.05, 4.69) is 27.2 Å². The van der Waals surface area contributed by atoms with Gasteiger partial charge in [0.2, 0.25) is 0 Å². The maximum atomic E-state index is 12.1. The van der Waals surface area contributed by atoms with E-state index in [4.69, 9.17) is 5.26 Å². The van der Waals surface area contributed by atoms with Crippen molar-refractivity contribution in [1.82, 2.24) is 9.71 Å². The molecule has 2 aromatic rings. The highest BCUT2D eigenvalue weighted by molar-refractivity contribution is 7.97. The zero-order chi connectivity index (χ0) is 17.1. The van der Waals surface area contributed by atoms with Gasteiger partial charge >= 0.3 is 6.03 Å². The van der Waals surface area contributed by atoms with Gasteiger partial charge in [0.25, 0.3) is 0 Å². The van der Waals surface area contributed by atoms with Crippen LogP contribution in [0.4, 0.5) is 10.5 Å². The quantitative estimate of drug-likeness (QED) is 0.834. The summed E-state index contributed by atoms with van der Waals surface area (Å²) in [6.45, 7) is 2.04. The van der Waals surface area contributed by atoms with Gasteiger partial charge in [-0.3, -0.25) is 4.72 Å². The second-order valence-corrected chi connectivity index (χ2v) is 6.35. The van der Waals surface area contributed by atoms with Gasteiger partial charge in [0.05, 0.1) is 5.69 Å². The van der Waals surface area contributed by atoms with Crippen molar-refractivity contribution in [2.45, 2.75) is 26.2 Å². The second kappa shape index (κ2) is 6.93. The van der Waals surface area contributed by atoms with Crippen LogP contribution >= 0.6 is 11.9 Å². The topological polar surface area (TPSA) is 77.8 Å². The molecule has 122 valence electrons. The van der Waals surface area contributed by atoms with E-state index < -0.39 is 0 Å². The normalized spacial score (nSPS) is 12.4. The summed E-state index contributed by atoms with van der Waals surface area (Å²) >= 11 is 1.26. The minimum atomic E-state index is -0.238. The summed E-state index contributed by atoms with van der Waals surface area (Å²) in [6, 6.07) is 7.68. The summed E-state index contributed by atoms with van der Waals surface area (Å²) in [7, 11) is 0. The van der Waals surface area contributed by atoms with Gasteiger partial charge in [0.15, 0.2) is 0 Å². The number of urea groups is 1. The number of anilines is 1. The summed E-state index contributed by atoms with van der Waals surface area (Å²) in [6.07, 6.45) is 6.52. The molecule has 3 rings (SSSR count). The van der Waals surface area contributed by atoms with Crippen LogP contribution in [0.15, 0.2) is 24.4 Å². The molecule has 5 nitrogen and oxygen atoms in total. The van der Waals surface area contributed by atoms with Gasteiger partial charge in [-0.05, 0) is 60.6 Å². The van der Waals surface area contributed by atoms with Crippen LogP contribution in [0.2, 0.25) is 0 Å². The van der Waals surface area contributed by atoms with Crippen LogP contribution in [0.1, 0.15) is 28.8 Å². The standard InChI is InChI=1S/C18H18N4OS/c1-11-8-12-4-3-5-15(12)17(21-18(23)22-24-2)16(11)13-6-7-20-14(9-13)10-19/h6-9H,3-5H2,1-2H3,(H2,21,22,23). The molecule has 1 heterocycles. The van der Waals surface area contributed by atoms with Crippen LogP contribution in [-0.4, -0.2) is 17.3 Å². The first kappa shape index (κ1) is 16.3. The smallest absolute Gasteiger partial charge is 0.306 e. The molecule has 0 spiro atoms. The van der Waals surface area contributed by atoms with E-state index >= 15 is 0 Å². The molecule has 24 heavy (non-hydrogen) atoms. The highest BCUT2D eigenvalue weighted by Gasteiger charge is 2.22. The first-order valence-corrected chi connectivity index (χ1v) is 8.98. The van der Waals surface area contributed by atoms with Crippen LogP contribution in [0.5, 0.6) is 0 Å². The maximum Gasteiger partial charge on any atom is 0.329 e. The lowest BCUT2D eigenvalue weighted by atomic mass is 9.93. The molecule has 1 aliphatic carbocycles. The van der Waals surface area contributed by atoms with Gasteiger partial charge in [-0.15, -0.1) is 0 Å². The number of fused-ring (bicyclic) bond motifs is 1. The molecule has 1 aromatic heterocycles. The molecule has 0 bridgehead atoms. The molecule has 1 aromatic carbocycles. The van der Waals surface area contributed by atoms with E-state index in [0.29, 0.717) is 5.69 Å². The SMILES string of the molecule is CSNC(=O)Nc1c2c(cc(C)c1-c1ccnc(C#N)c1)CCC2. The monoisotopic (exact) mass is 338 g/mol. The van der Waals surface area contributed by atoms with E-state index in [1.165, 1.54) is 23.1 Å². The Kier molecular flexibility index (Phi) is 4.72. The molecule has 0 saturated carbocycles. The summed E-state index contributed by atoms with van der Waals surface area (Å²) in [4.78, 5) is 16.2. The third kappa shape index (κ3) is 3.08. The number of aryl methyl sites for hydroxylation is 2. The number of hydrogen-bond donors (Lipinski definition) is 2. The Balaban J connectivity index is 2.17. The number of carbonyl (C=O) groups is 1. The Morgan fingerprint density at radius 3 is 2.96 bits per heavy atom. The fourth-order valence-electron chi connectivity index (χ4n) is 3.28. The minimum absolute atomic E-state index is 0.238. The zero-order valence-corrected chi connectivity index (χ0v) is 14.5. The molecule has 0 unspecified atom stereocenters. The van der Waals surface area contributed by atoms with Crippen LogP contribution in [-0.2, 0) is 12.8 Å². The molecular weight excluding hydrogens is 320 g/mol. The molecular formula is C18H18N4OS. The van der Waals surface area contributed by atoms with Crippen molar-refractivity contribution in [3.63, 3.8) is 0 Å². The van der Waals surface area contributed by atoms with E-state index in [0.717, 1.165) is 41.6 Å². The first-order valence-electron chi connectivity index (χ1n) is 7.76. The number of nitriles is 1. The lowest BCUT2D eigenvalue weighted by Crippen LogP contribution is -2.23. The highest BCUT2D eigenvalue weighted by atomic mass is 32.2. The van der Waals surface area contributed by atoms with E-state index in [-0.39, 0.29) is 6.03 Å². The second-order valence-electron chi connectivity index (χ2n) is 5.74. The number of hydrogen-bond acceptors (Lipinski definition) is 4. The zero-order valence-electron chi connectivity index (χ0n) is 13.6. The average molecular weight is 338 g/mol. The van der Waals surface area contributed by atoms with Crippen LogP contribution in [0.25, 0.3) is 11.1 Å². The van der Waals surface area contributed by atoms with E-state index in [1.54, 1.807) is 12.3 Å². The van der Waals surface area contributed by atoms with Crippen molar-refractivity contribution in [2.24, 2.45) is 0 Å². The van der Waals surface area contributed by atoms with E-state index in [9.17, 15) is 4.79 Å². The summed E-state index contributed by atoms with van der Waals surface area (Å²) < 4.78 is 2.71. The molecule has 0 saturated heterocycles. The number of nitrogens with zero attached hydrogens (tertiary/aromatic N) is 2. The lowest BCUT2D eigenvalue weighted by Gasteiger charge is -2.19. The Morgan fingerprint density at radius 2 is 2.21 bits per heavy atom. The number of rotatable bonds is 3. The first-order chi connectivity index (χ1) is 11.6. The van der Waals surface area contributed by atoms with Crippen LogP contribution in [0, 0.1) is 18.3 Å². The maximum absolute atomic E-state index is 12.1. The summed E-state index contributed by atoms with van der Waals surface area (Å²) in [5.41, 5.74) is 6.66. The summed E-state index contributed by atoms with van der Waals surface area (Å²) in [5, 5.41) is 12.1. The number of carbonyl (C=O) groups excluding carboxylic acids is 1. The molecule has 0 radical (unpaired) electrons. The van der Waals surface area contributed by atoms with Gasteiger partial charge in [-0.25, -0.2) is 9.78 Å². The van der Waals surface area contributed by atoms with Crippen molar-refractivity contribution in [2.75, 3.05) is 11.6 Å². The molecule has 0 fully saturated rings. The number of amides is 2. The van der Waals surface area contributed by atoms with Crippen molar-refractivity contribution in [3.8, 4) is 17.2 Å². The Labute approximate surface area is 145 Å². The van der Waals surface area contributed by atoms with Crippen molar-refractivity contribution < 1.29 is 4.79 Å². The fourth-order valence-corrected chi connectivity index (χ4v) is 3.52. The van der Waals surface area contributed by atoms with Gasteiger partial charge < -0.3 is 5.32 Å². The lowest BCUT2D eigenvalue weighted by molar-refractivity contribution is 0.257. The highest BCUT2D eigenvalue weighted by Crippen LogP contribution is 2.40. The Hall–Kier alpha value is -2.52. The van der Waals surface area contributed by atoms with E-state index in [1.807, 2.05) is 19.2 Å². The number of pyridine rings is 1. The predicted molar refractivity (Wildman–Crippen MR) is 96.8 cm³/mol. The van der Waals surface area contributed by atoms with Crippen molar-refractivity contribution >= 4 is 23.7 Å². The van der Waals surface area contributed by atoms with Gasteiger partial charge in [0, 0.05) is 18.0 Å². The van der Waals surface area contributed by atoms with Gasteiger partial charge in [-0.1, -0.05) is 18.0 Å². The molecule has 1 aliphatic rings. The molecule has 2 N–H and O–H groups in total.